The number of benzene rings is 2. The van der Waals surface area contributed by atoms with Crippen LogP contribution in [0.3, 0.4) is 0 Å². The van der Waals surface area contributed by atoms with Gasteiger partial charge in [-0.2, -0.15) is 0 Å². The summed E-state index contributed by atoms with van der Waals surface area (Å²) in [4.78, 5) is 11.9. The average molecular weight is 309 g/mol. The monoisotopic (exact) mass is 308 g/mol. The number of halogens is 2. The fourth-order valence-corrected chi connectivity index (χ4v) is 2.11. The minimum Gasteiger partial charge on any atom is -0.491 e. The van der Waals surface area contributed by atoms with Crippen LogP contribution in [0.15, 0.2) is 48.5 Å². The van der Waals surface area contributed by atoms with Crippen LogP contribution in [0.25, 0.3) is 0 Å². The van der Waals surface area contributed by atoms with E-state index in [2.05, 4.69) is 0 Å². The molecule has 0 saturated heterocycles. The zero-order valence-corrected chi connectivity index (χ0v) is 12.1. The van der Waals surface area contributed by atoms with Gasteiger partial charge < -0.3 is 9.47 Å². The first kappa shape index (κ1) is 15.3. The largest absolute Gasteiger partial charge is 0.491 e. The molecule has 0 radical (unpaired) electrons. The average Bonchev–Trinajstić information content (AvgIpc) is 2.50. The molecule has 110 valence electrons. The van der Waals surface area contributed by atoms with Crippen LogP contribution in [-0.2, 0) is 9.53 Å². The molecular weight excluding hydrogens is 295 g/mol. The van der Waals surface area contributed by atoms with Crippen LogP contribution in [0.5, 0.6) is 5.75 Å². The number of rotatable bonds is 5. The van der Waals surface area contributed by atoms with Gasteiger partial charge in [-0.3, -0.25) is 4.79 Å². The van der Waals surface area contributed by atoms with Gasteiger partial charge in [0.05, 0.1) is 12.1 Å². The summed E-state index contributed by atoms with van der Waals surface area (Å²) in [6.07, 6.45) is 0. The molecule has 0 fully saturated rings. The molecule has 0 heterocycles. The molecule has 0 bridgehead atoms. The highest BCUT2D eigenvalue weighted by atomic mass is 35.5. The van der Waals surface area contributed by atoms with Gasteiger partial charge in [0.1, 0.15) is 24.1 Å². The van der Waals surface area contributed by atoms with Gasteiger partial charge in [0.25, 0.3) is 0 Å². The van der Waals surface area contributed by atoms with E-state index in [0.29, 0.717) is 10.8 Å². The van der Waals surface area contributed by atoms with Gasteiger partial charge in [-0.05, 0) is 18.2 Å². The second-order valence-electron chi connectivity index (χ2n) is 4.34. The van der Waals surface area contributed by atoms with Gasteiger partial charge in [-0.25, -0.2) is 4.39 Å². The Morgan fingerprint density at radius 3 is 2.52 bits per heavy atom. The van der Waals surface area contributed by atoms with Crippen LogP contribution in [0.4, 0.5) is 4.39 Å². The summed E-state index contributed by atoms with van der Waals surface area (Å²) < 4.78 is 24.1. The Bertz CT molecular complexity index is 630. The highest BCUT2D eigenvalue weighted by molar-refractivity contribution is 6.32. The van der Waals surface area contributed by atoms with Crippen molar-refractivity contribution in [2.75, 3.05) is 13.7 Å². The molecule has 2 rings (SSSR count). The minimum atomic E-state index is -0.854. The normalized spacial score (nSPS) is 11.8. The van der Waals surface area contributed by atoms with Gasteiger partial charge in [-0.15, -0.1) is 0 Å². The van der Waals surface area contributed by atoms with Gasteiger partial charge in [0.2, 0.25) is 0 Å². The van der Waals surface area contributed by atoms with Crippen molar-refractivity contribution in [3.8, 4) is 5.75 Å². The van der Waals surface area contributed by atoms with Crippen molar-refractivity contribution < 1.29 is 18.7 Å². The number of methoxy groups -OCH3 is 1. The maximum atomic E-state index is 13.9. The Labute approximate surface area is 127 Å². The van der Waals surface area contributed by atoms with E-state index in [1.807, 2.05) is 0 Å². The SMILES string of the molecule is COC(=O)C(COc1ccccc1Cl)c1ccccc1F. The molecule has 2 aromatic carbocycles. The lowest BCUT2D eigenvalue weighted by atomic mass is 9.99. The summed E-state index contributed by atoms with van der Waals surface area (Å²) in [6.45, 7) is -0.0582. The molecular formula is C16H14ClFO3. The standard InChI is InChI=1S/C16H14ClFO3/c1-20-16(19)12(11-6-2-4-8-14(11)18)10-21-15-9-5-3-7-13(15)17/h2-9,12H,10H2,1H3. The predicted octanol–water partition coefficient (Wildman–Crippen LogP) is 3.81. The summed E-state index contributed by atoms with van der Waals surface area (Å²) in [7, 11) is 1.26. The fraction of sp³-hybridized carbons (Fsp3) is 0.188. The van der Waals surface area contributed by atoms with Gasteiger partial charge in [0.15, 0.2) is 0 Å². The number of para-hydroxylation sites is 1. The predicted molar refractivity (Wildman–Crippen MR) is 78.1 cm³/mol. The third kappa shape index (κ3) is 3.73. The first-order valence-corrected chi connectivity index (χ1v) is 6.71. The molecule has 0 amide bonds. The van der Waals surface area contributed by atoms with Crippen molar-refractivity contribution >= 4 is 17.6 Å². The van der Waals surface area contributed by atoms with Crippen molar-refractivity contribution in [1.29, 1.82) is 0 Å². The third-order valence-corrected chi connectivity index (χ3v) is 3.32. The summed E-state index contributed by atoms with van der Waals surface area (Å²) in [6, 6.07) is 12.9. The molecule has 0 N–H and O–H groups in total. The molecule has 0 aromatic heterocycles. The Morgan fingerprint density at radius 2 is 1.86 bits per heavy atom. The topological polar surface area (TPSA) is 35.5 Å². The highest BCUT2D eigenvalue weighted by Gasteiger charge is 2.25. The molecule has 3 nitrogen and oxygen atoms in total. The molecule has 5 heteroatoms. The van der Waals surface area contributed by atoms with Gasteiger partial charge in [-0.1, -0.05) is 41.9 Å². The second-order valence-corrected chi connectivity index (χ2v) is 4.75. The van der Waals surface area contributed by atoms with Gasteiger partial charge >= 0.3 is 5.97 Å². The summed E-state index contributed by atoms with van der Waals surface area (Å²) in [5, 5.41) is 0.426. The molecule has 1 atom stereocenters. The van der Waals surface area contributed by atoms with E-state index in [1.165, 1.54) is 19.2 Å². The van der Waals surface area contributed by atoms with Crippen molar-refractivity contribution in [3.05, 3.63) is 64.9 Å². The van der Waals surface area contributed by atoms with E-state index in [0.717, 1.165) is 0 Å². The van der Waals surface area contributed by atoms with Crippen molar-refractivity contribution in [2.24, 2.45) is 0 Å². The first-order valence-electron chi connectivity index (χ1n) is 6.33. The smallest absolute Gasteiger partial charge is 0.316 e. The van der Waals surface area contributed by atoms with E-state index in [9.17, 15) is 9.18 Å². The lowest BCUT2D eigenvalue weighted by Crippen LogP contribution is -2.22. The Hall–Kier alpha value is -2.07. The quantitative estimate of drug-likeness (QED) is 0.788. The molecule has 2 aromatic rings. The Kier molecular flexibility index (Phi) is 5.17. The maximum absolute atomic E-state index is 13.9. The zero-order valence-electron chi connectivity index (χ0n) is 11.4. The Balaban J connectivity index is 2.21. The van der Waals surface area contributed by atoms with Crippen LogP contribution in [-0.4, -0.2) is 19.7 Å². The first-order chi connectivity index (χ1) is 10.1. The molecule has 1 unspecified atom stereocenters. The van der Waals surface area contributed by atoms with Crippen LogP contribution >= 0.6 is 11.6 Å². The van der Waals surface area contributed by atoms with Crippen molar-refractivity contribution in [3.63, 3.8) is 0 Å². The summed E-state index contributed by atoms with van der Waals surface area (Å²) in [5.74, 6) is -1.46. The van der Waals surface area contributed by atoms with Crippen LogP contribution < -0.4 is 4.74 Å². The number of carbonyl (C=O) groups excluding carboxylic acids is 1. The van der Waals surface area contributed by atoms with E-state index in [1.54, 1.807) is 36.4 Å². The number of ether oxygens (including phenoxy) is 2. The minimum absolute atomic E-state index is 0.0582. The zero-order chi connectivity index (χ0) is 15.2. The summed E-state index contributed by atoms with van der Waals surface area (Å²) in [5.41, 5.74) is 0.233. The highest BCUT2D eigenvalue weighted by Crippen LogP contribution is 2.26. The molecule has 21 heavy (non-hydrogen) atoms. The number of hydrogen-bond acceptors (Lipinski definition) is 3. The van der Waals surface area contributed by atoms with Crippen molar-refractivity contribution in [2.45, 2.75) is 5.92 Å². The van der Waals surface area contributed by atoms with Crippen molar-refractivity contribution in [1.82, 2.24) is 0 Å². The van der Waals surface area contributed by atoms with Crippen LogP contribution in [0, 0.1) is 5.82 Å². The lowest BCUT2D eigenvalue weighted by Gasteiger charge is -2.17. The van der Waals surface area contributed by atoms with E-state index < -0.39 is 17.7 Å². The molecule has 0 aliphatic heterocycles. The van der Waals surface area contributed by atoms with Gasteiger partial charge in [0, 0.05) is 5.56 Å². The van der Waals surface area contributed by atoms with Crippen LogP contribution in [0.1, 0.15) is 11.5 Å². The maximum Gasteiger partial charge on any atom is 0.316 e. The second kappa shape index (κ2) is 7.09. The molecule has 0 spiro atoms. The van der Waals surface area contributed by atoms with E-state index in [-0.39, 0.29) is 12.2 Å². The molecule has 0 aliphatic rings. The molecule has 0 saturated carbocycles. The number of hydrogen-bond donors (Lipinski definition) is 0. The summed E-state index contributed by atoms with van der Waals surface area (Å²) >= 11 is 5.98. The Morgan fingerprint density at radius 1 is 1.19 bits per heavy atom. The lowest BCUT2D eigenvalue weighted by molar-refractivity contribution is -0.143. The number of carbonyl (C=O) groups is 1. The third-order valence-electron chi connectivity index (χ3n) is 3.01. The fourth-order valence-electron chi connectivity index (χ4n) is 1.92. The molecule has 0 aliphatic carbocycles. The van der Waals surface area contributed by atoms with E-state index >= 15 is 0 Å². The number of esters is 1. The van der Waals surface area contributed by atoms with E-state index in [4.69, 9.17) is 21.1 Å². The van der Waals surface area contributed by atoms with Crippen LogP contribution in [0.2, 0.25) is 5.02 Å².